The number of imidazole rings is 1. The van der Waals surface area contributed by atoms with Crippen LogP contribution < -0.4 is 14.8 Å². The van der Waals surface area contributed by atoms with Crippen molar-refractivity contribution in [2.24, 2.45) is 7.05 Å². The number of rotatable bonds is 7. The van der Waals surface area contributed by atoms with Crippen molar-refractivity contribution >= 4 is 5.91 Å². The van der Waals surface area contributed by atoms with Crippen LogP contribution in [0.25, 0.3) is 0 Å². The number of carbonyl (C=O) groups is 1. The minimum Gasteiger partial charge on any atom is -0.504 e. The number of para-hydroxylation sites is 2. The van der Waals surface area contributed by atoms with E-state index in [0.717, 1.165) is 11.3 Å². The van der Waals surface area contributed by atoms with E-state index < -0.39 is 6.04 Å². The number of nitrogens with one attached hydrogen (secondary N) is 1. The molecule has 0 aliphatic carbocycles. The molecule has 1 atom stereocenters. The second-order valence-corrected chi connectivity index (χ2v) is 5.93. The fourth-order valence-corrected chi connectivity index (χ4v) is 2.67. The first-order valence-corrected chi connectivity index (χ1v) is 8.40. The molecule has 3 rings (SSSR count). The number of methoxy groups -OCH3 is 1. The molecule has 1 unspecified atom stereocenters. The van der Waals surface area contributed by atoms with Crippen molar-refractivity contribution in [3.05, 3.63) is 72.3 Å². The van der Waals surface area contributed by atoms with Gasteiger partial charge in [-0.2, -0.15) is 0 Å². The highest BCUT2D eigenvalue weighted by molar-refractivity contribution is 5.78. The lowest BCUT2D eigenvalue weighted by Gasteiger charge is -2.19. The summed E-state index contributed by atoms with van der Waals surface area (Å²) in [6, 6.07) is 13.5. The van der Waals surface area contributed by atoms with E-state index in [1.54, 1.807) is 31.5 Å². The van der Waals surface area contributed by atoms with E-state index >= 15 is 0 Å². The number of aromatic nitrogens is 2. The minimum atomic E-state index is -0.448. The predicted octanol–water partition coefficient (Wildman–Crippen LogP) is 2.42. The van der Waals surface area contributed by atoms with Crippen molar-refractivity contribution in [1.82, 2.24) is 14.9 Å². The number of nitrogens with zero attached hydrogens (tertiary/aromatic N) is 2. The van der Waals surface area contributed by atoms with E-state index in [1.807, 2.05) is 42.1 Å². The molecule has 0 fully saturated rings. The zero-order chi connectivity index (χ0) is 19.2. The molecule has 0 aliphatic rings. The van der Waals surface area contributed by atoms with Crippen LogP contribution in [-0.2, 0) is 11.8 Å². The number of benzene rings is 2. The van der Waals surface area contributed by atoms with Crippen LogP contribution in [0.5, 0.6) is 17.2 Å². The van der Waals surface area contributed by atoms with Gasteiger partial charge in [0.05, 0.1) is 7.11 Å². The first-order valence-electron chi connectivity index (χ1n) is 8.40. The van der Waals surface area contributed by atoms with Crippen molar-refractivity contribution in [3.8, 4) is 17.2 Å². The Labute approximate surface area is 157 Å². The van der Waals surface area contributed by atoms with Gasteiger partial charge in [0.2, 0.25) is 0 Å². The molecule has 140 valence electrons. The van der Waals surface area contributed by atoms with Crippen LogP contribution in [0, 0.1) is 0 Å². The highest BCUT2D eigenvalue weighted by Crippen LogP contribution is 2.25. The Morgan fingerprint density at radius 3 is 2.59 bits per heavy atom. The highest BCUT2D eigenvalue weighted by Gasteiger charge is 2.21. The molecule has 0 radical (unpaired) electrons. The predicted molar refractivity (Wildman–Crippen MR) is 99.8 cm³/mol. The summed E-state index contributed by atoms with van der Waals surface area (Å²) in [5.41, 5.74) is 0.862. The van der Waals surface area contributed by atoms with Crippen LogP contribution in [0.2, 0.25) is 0 Å². The Balaban J connectivity index is 1.76. The van der Waals surface area contributed by atoms with Gasteiger partial charge in [-0.1, -0.05) is 24.3 Å². The third-order valence-corrected chi connectivity index (χ3v) is 4.10. The largest absolute Gasteiger partial charge is 0.504 e. The average Bonchev–Trinajstić information content (AvgIpc) is 3.11. The maximum atomic E-state index is 12.5. The minimum absolute atomic E-state index is 0.0129. The molecule has 7 heteroatoms. The van der Waals surface area contributed by atoms with Gasteiger partial charge < -0.3 is 24.5 Å². The first-order chi connectivity index (χ1) is 13.1. The molecule has 1 heterocycles. The van der Waals surface area contributed by atoms with Gasteiger partial charge in [-0.15, -0.1) is 0 Å². The molecule has 2 N–H and O–H groups in total. The van der Waals surface area contributed by atoms with E-state index in [2.05, 4.69) is 10.3 Å². The highest BCUT2D eigenvalue weighted by atomic mass is 16.5. The summed E-state index contributed by atoms with van der Waals surface area (Å²) in [4.78, 5) is 16.8. The molecule has 1 aromatic heterocycles. The normalized spacial score (nSPS) is 11.6. The summed E-state index contributed by atoms with van der Waals surface area (Å²) in [5.74, 6) is 1.33. The van der Waals surface area contributed by atoms with E-state index in [-0.39, 0.29) is 24.0 Å². The Morgan fingerprint density at radius 2 is 1.96 bits per heavy atom. The van der Waals surface area contributed by atoms with E-state index in [1.165, 1.54) is 6.07 Å². The maximum absolute atomic E-state index is 12.5. The molecule has 7 nitrogen and oxygen atoms in total. The van der Waals surface area contributed by atoms with E-state index in [4.69, 9.17) is 9.47 Å². The van der Waals surface area contributed by atoms with Crippen molar-refractivity contribution in [2.45, 2.75) is 6.04 Å². The van der Waals surface area contributed by atoms with Gasteiger partial charge in [-0.25, -0.2) is 4.98 Å². The fraction of sp³-hybridized carbons (Fsp3) is 0.200. The SMILES string of the molecule is COc1ccc(C(NC(=O)COc2ccccc2O)c2nccn2C)cc1. The molecule has 3 aromatic rings. The quantitative estimate of drug-likeness (QED) is 0.670. The molecule has 0 saturated carbocycles. The molecule has 0 spiro atoms. The Kier molecular flexibility index (Phi) is 5.61. The number of hydrogen-bond acceptors (Lipinski definition) is 5. The topological polar surface area (TPSA) is 85.6 Å². The van der Waals surface area contributed by atoms with Gasteiger partial charge >= 0.3 is 0 Å². The third kappa shape index (κ3) is 4.38. The number of phenols is 1. The van der Waals surface area contributed by atoms with Gasteiger partial charge in [0.1, 0.15) is 17.6 Å². The summed E-state index contributed by atoms with van der Waals surface area (Å²) in [6.45, 7) is -0.228. The summed E-state index contributed by atoms with van der Waals surface area (Å²) in [5, 5.41) is 12.7. The number of aromatic hydroxyl groups is 1. The zero-order valence-electron chi connectivity index (χ0n) is 15.1. The molecule has 0 saturated heterocycles. The molecular formula is C20H21N3O4. The van der Waals surface area contributed by atoms with Crippen LogP contribution in [0.3, 0.4) is 0 Å². The number of ether oxygens (including phenoxy) is 2. The van der Waals surface area contributed by atoms with Gasteiger partial charge in [-0.3, -0.25) is 4.79 Å². The summed E-state index contributed by atoms with van der Waals surface area (Å²) < 4.78 is 12.4. The summed E-state index contributed by atoms with van der Waals surface area (Å²) >= 11 is 0. The van der Waals surface area contributed by atoms with Crippen LogP contribution >= 0.6 is 0 Å². The Morgan fingerprint density at radius 1 is 1.22 bits per heavy atom. The number of amides is 1. The monoisotopic (exact) mass is 367 g/mol. The van der Waals surface area contributed by atoms with Crippen LogP contribution in [0.4, 0.5) is 0 Å². The Hall–Kier alpha value is -3.48. The second kappa shape index (κ2) is 8.27. The standard InChI is InChI=1S/C20H21N3O4/c1-23-12-11-21-20(23)19(14-7-9-15(26-2)10-8-14)22-18(25)13-27-17-6-4-3-5-16(17)24/h3-12,19,24H,13H2,1-2H3,(H,22,25). The van der Waals surface area contributed by atoms with Crippen molar-refractivity contribution < 1.29 is 19.4 Å². The average molecular weight is 367 g/mol. The molecule has 1 amide bonds. The lowest BCUT2D eigenvalue weighted by atomic mass is 10.1. The third-order valence-electron chi connectivity index (χ3n) is 4.10. The molecular weight excluding hydrogens is 346 g/mol. The fourth-order valence-electron chi connectivity index (χ4n) is 2.67. The van der Waals surface area contributed by atoms with Crippen molar-refractivity contribution in [2.75, 3.05) is 13.7 Å². The number of aryl methyl sites for hydroxylation is 1. The molecule has 27 heavy (non-hydrogen) atoms. The molecule has 2 aromatic carbocycles. The summed E-state index contributed by atoms with van der Waals surface area (Å²) in [7, 11) is 3.47. The number of hydrogen-bond donors (Lipinski definition) is 2. The van der Waals surface area contributed by atoms with Gasteiger partial charge in [0.25, 0.3) is 5.91 Å². The van der Waals surface area contributed by atoms with Gasteiger partial charge in [0, 0.05) is 19.4 Å². The molecule has 0 aliphatic heterocycles. The van der Waals surface area contributed by atoms with Crippen LogP contribution in [0.1, 0.15) is 17.4 Å². The lowest BCUT2D eigenvalue weighted by molar-refractivity contribution is -0.123. The molecule has 0 bridgehead atoms. The summed E-state index contributed by atoms with van der Waals surface area (Å²) in [6.07, 6.45) is 3.49. The smallest absolute Gasteiger partial charge is 0.258 e. The van der Waals surface area contributed by atoms with Crippen LogP contribution in [0.15, 0.2) is 60.9 Å². The number of carbonyl (C=O) groups excluding carboxylic acids is 1. The first kappa shape index (κ1) is 18.3. The van der Waals surface area contributed by atoms with Crippen LogP contribution in [-0.4, -0.2) is 34.3 Å². The number of phenolic OH excluding ortho intramolecular Hbond substituents is 1. The maximum Gasteiger partial charge on any atom is 0.258 e. The van der Waals surface area contributed by atoms with Gasteiger partial charge in [-0.05, 0) is 29.8 Å². The zero-order valence-corrected chi connectivity index (χ0v) is 15.1. The second-order valence-electron chi connectivity index (χ2n) is 5.93. The Bertz CT molecular complexity index is 906. The van der Waals surface area contributed by atoms with Crippen molar-refractivity contribution in [1.29, 1.82) is 0 Å². The van der Waals surface area contributed by atoms with Gasteiger partial charge in [0.15, 0.2) is 18.1 Å². The van der Waals surface area contributed by atoms with E-state index in [9.17, 15) is 9.90 Å². The van der Waals surface area contributed by atoms with Crippen molar-refractivity contribution in [3.63, 3.8) is 0 Å². The lowest BCUT2D eigenvalue weighted by Crippen LogP contribution is -2.34. The van der Waals surface area contributed by atoms with E-state index in [0.29, 0.717) is 5.82 Å².